The lowest BCUT2D eigenvalue weighted by atomic mass is 10.2. The van der Waals surface area contributed by atoms with E-state index in [0.717, 1.165) is 22.7 Å². The van der Waals surface area contributed by atoms with Crippen LogP contribution in [0.4, 0.5) is 5.69 Å². The Kier molecular flexibility index (Phi) is 6.38. The largest absolute Gasteiger partial charge is 0.497 e. The van der Waals surface area contributed by atoms with Gasteiger partial charge >= 0.3 is 0 Å². The van der Waals surface area contributed by atoms with E-state index in [1.165, 1.54) is 0 Å². The van der Waals surface area contributed by atoms with Gasteiger partial charge in [0.15, 0.2) is 5.11 Å². The van der Waals surface area contributed by atoms with Gasteiger partial charge in [-0.1, -0.05) is 0 Å². The summed E-state index contributed by atoms with van der Waals surface area (Å²) in [6, 6.07) is 15.1. The molecule has 0 aromatic heterocycles. The third kappa shape index (κ3) is 5.60. The summed E-state index contributed by atoms with van der Waals surface area (Å²) in [6.45, 7) is 2.61. The van der Waals surface area contributed by atoms with Crippen LogP contribution in [0.3, 0.4) is 0 Å². The van der Waals surface area contributed by atoms with Crippen molar-refractivity contribution in [2.24, 2.45) is 5.10 Å². The molecule has 0 saturated carbocycles. The smallest absolute Gasteiger partial charge is 0.191 e. The molecule has 2 N–H and O–H groups in total. The highest BCUT2D eigenvalue weighted by Crippen LogP contribution is 2.14. The van der Waals surface area contributed by atoms with E-state index in [1.807, 2.05) is 55.5 Å². The Balaban J connectivity index is 1.82. The number of methoxy groups -OCH3 is 1. The molecule has 2 rings (SSSR count). The fourth-order valence-electron chi connectivity index (χ4n) is 1.82. The SMILES string of the molecule is CCOc1ccc(/C=N\NC(=S)Nc2ccc(OC)cc2)cc1. The summed E-state index contributed by atoms with van der Waals surface area (Å²) in [7, 11) is 1.63. The van der Waals surface area contributed by atoms with Crippen LogP contribution >= 0.6 is 12.2 Å². The second-order valence-corrected chi connectivity index (χ2v) is 4.96. The molecule has 0 bridgehead atoms. The molecular weight excluding hydrogens is 310 g/mol. The summed E-state index contributed by atoms with van der Waals surface area (Å²) in [5.74, 6) is 1.64. The number of hydrogen-bond donors (Lipinski definition) is 2. The minimum Gasteiger partial charge on any atom is -0.497 e. The van der Waals surface area contributed by atoms with Crippen LogP contribution in [0, 0.1) is 0 Å². The van der Waals surface area contributed by atoms with Gasteiger partial charge in [0.05, 0.1) is 19.9 Å². The molecule has 0 spiro atoms. The summed E-state index contributed by atoms with van der Waals surface area (Å²) in [4.78, 5) is 0. The molecule has 120 valence electrons. The van der Waals surface area contributed by atoms with Crippen molar-refractivity contribution < 1.29 is 9.47 Å². The van der Waals surface area contributed by atoms with Gasteiger partial charge in [-0.2, -0.15) is 5.10 Å². The van der Waals surface area contributed by atoms with Crippen molar-refractivity contribution in [3.8, 4) is 11.5 Å². The van der Waals surface area contributed by atoms with Crippen LogP contribution in [-0.2, 0) is 0 Å². The Hall–Kier alpha value is -2.60. The lowest BCUT2D eigenvalue weighted by molar-refractivity contribution is 0.340. The van der Waals surface area contributed by atoms with E-state index in [1.54, 1.807) is 13.3 Å². The van der Waals surface area contributed by atoms with E-state index in [-0.39, 0.29) is 0 Å². The van der Waals surface area contributed by atoms with Crippen LogP contribution < -0.4 is 20.2 Å². The molecule has 0 atom stereocenters. The number of benzene rings is 2. The van der Waals surface area contributed by atoms with Crippen molar-refractivity contribution in [3.05, 3.63) is 54.1 Å². The number of thiocarbonyl (C=S) groups is 1. The normalized spacial score (nSPS) is 10.3. The number of anilines is 1. The Morgan fingerprint density at radius 1 is 1.09 bits per heavy atom. The van der Waals surface area contributed by atoms with Gasteiger partial charge in [-0.05, 0) is 73.2 Å². The number of rotatable bonds is 6. The predicted molar refractivity (Wildman–Crippen MR) is 97.6 cm³/mol. The molecular formula is C17H19N3O2S. The van der Waals surface area contributed by atoms with Crippen molar-refractivity contribution in [1.82, 2.24) is 5.43 Å². The molecule has 0 radical (unpaired) electrons. The highest BCUT2D eigenvalue weighted by Gasteiger charge is 1.97. The first-order chi connectivity index (χ1) is 11.2. The van der Waals surface area contributed by atoms with Gasteiger partial charge in [0.1, 0.15) is 11.5 Å². The van der Waals surface area contributed by atoms with Crippen molar-refractivity contribution in [2.45, 2.75) is 6.92 Å². The summed E-state index contributed by atoms with van der Waals surface area (Å²) in [5.41, 5.74) is 4.59. The monoisotopic (exact) mass is 329 g/mol. The van der Waals surface area contributed by atoms with Gasteiger partial charge in [0.2, 0.25) is 0 Å². The minimum atomic E-state index is 0.414. The molecule has 5 nitrogen and oxygen atoms in total. The van der Waals surface area contributed by atoms with Crippen molar-refractivity contribution >= 4 is 29.2 Å². The zero-order valence-corrected chi connectivity index (χ0v) is 13.9. The average Bonchev–Trinajstić information content (AvgIpc) is 2.57. The topological polar surface area (TPSA) is 54.9 Å². The molecule has 0 heterocycles. The highest BCUT2D eigenvalue weighted by molar-refractivity contribution is 7.80. The molecule has 0 fully saturated rings. The predicted octanol–water partition coefficient (Wildman–Crippen LogP) is 3.41. The molecule has 6 heteroatoms. The summed E-state index contributed by atoms with van der Waals surface area (Å²) >= 11 is 5.18. The average molecular weight is 329 g/mol. The highest BCUT2D eigenvalue weighted by atomic mass is 32.1. The van der Waals surface area contributed by atoms with Crippen molar-refractivity contribution in [3.63, 3.8) is 0 Å². The van der Waals surface area contributed by atoms with Crippen LogP contribution in [0.2, 0.25) is 0 Å². The Morgan fingerprint density at radius 2 is 1.74 bits per heavy atom. The summed E-state index contributed by atoms with van der Waals surface area (Å²) < 4.78 is 10.5. The molecule has 0 aliphatic carbocycles. The van der Waals surface area contributed by atoms with E-state index in [2.05, 4.69) is 15.8 Å². The van der Waals surface area contributed by atoms with Crippen LogP contribution in [0.25, 0.3) is 0 Å². The minimum absolute atomic E-state index is 0.414. The van der Waals surface area contributed by atoms with Gasteiger partial charge < -0.3 is 14.8 Å². The molecule has 2 aromatic rings. The molecule has 2 aromatic carbocycles. The number of hydrogen-bond acceptors (Lipinski definition) is 4. The molecule has 0 saturated heterocycles. The third-order valence-electron chi connectivity index (χ3n) is 2.92. The Morgan fingerprint density at radius 3 is 2.35 bits per heavy atom. The molecule has 0 aliphatic rings. The van der Waals surface area contributed by atoms with Crippen LogP contribution in [-0.4, -0.2) is 25.0 Å². The van der Waals surface area contributed by atoms with Gasteiger partial charge in [-0.15, -0.1) is 0 Å². The molecule has 23 heavy (non-hydrogen) atoms. The lowest BCUT2D eigenvalue weighted by Gasteiger charge is -2.07. The third-order valence-corrected chi connectivity index (χ3v) is 3.11. The van der Waals surface area contributed by atoms with E-state index < -0.39 is 0 Å². The fourth-order valence-corrected chi connectivity index (χ4v) is 1.99. The van der Waals surface area contributed by atoms with E-state index in [4.69, 9.17) is 21.7 Å². The maximum atomic E-state index is 5.39. The van der Waals surface area contributed by atoms with E-state index in [0.29, 0.717) is 11.7 Å². The number of nitrogens with zero attached hydrogens (tertiary/aromatic N) is 1. The van der Waals surface area contributed by atoms with E-state index >= 15 is 0 Å². The zero-order valence-electron chi connectivity index (χ0n) is 13.1. The first kappa shape index (κ1) is 16.8. The van der Waals surface area contributed by atoms with Gasteiger partial charge in [-0.3, -0.25) is 5.43 Å². The second-order valence-electron chi connectivity index (χ2n) is 4.55. The Labute approximate surface area is 141 Å². The maximum Gasteiger partial charge on any atom is 0.191 e. The van der Waals surface area contributed by atoms with Gasteiger partial charge in [0.25, 0.3) is 0 Å². The lowest BCUT2D eigenvalue weighted by Crippen LogP contribution is -2.23. The molecule has 0 amide bonds. The second kappa shape index (κ2) is 8.75. The summed E-state index contributed by atoms with van der Waals surface area (Å²) in [5, 5.41) is 7.55. The quantitative estimate of drug-likeness (QED) is 0.483. The zero-order chi connectivity index (χ0) is 16.5. The summed E-state index contributed by atoms with van der Waals surface area (Å²) in [6.07, 6.45) is 1.69. The first-order valence-electron chi connectivity index (χ1n) is 7.18. The number of hydrazone groups is 1. The number of nitrogens with one attached hydrogen (secondary N) is 2. The first-order valence-corrected chi connectivity index (χ1v) is 7.59. The van der Waals surface area contributed by atoms with Crippen LogP contribution in [0.1, 0.15) is 12.5 Å². The maximum absolute atomic E-state index is 5.39. The fraction of sp³-hybridized carbons (Fsp3) is 0.176. The van der Waals surface area contributed by atoms with Crippen molar-refractivity contribution in [1.29, 1.82) is 0 Å². The van der Waals surface area contributed by atoms with Crippen molar-refractivity contribution in [2.75, 3.05) is 19.0 Å². The van der Waals surface area contributed by atoms with Gasteiger partial charge in [0, 0.05) is 5.69 Å². The van der Waals surface area contributed by atoms with Crippen LogP contribution in [0.15, 0.2) is 53.6 Å². The standard InChI is InChI=1S/C17H19N3O2S/c1-3-22-16-8-4-13(5-9-16)12-18-20-17(23)19-14-6-10-15(21-2)11-7-14/h4-12H,3H2,1-2H3,(H2,19,20,23)/b18-12-. The molecule has 0 aliphatic heterocycles. The Bertz CT molecular complexity index is 655. The number of ether oxygens (including phenoxy) is 2. The van der Waals surface area contributed by atoms with Crippen LogP contribution in [0.5, 0.6) is 11.5 Å². The van der Waals surface area contributed by atoms with Gasteiger partial charge in [-0.25, -0.2) is 0 Å². The van der Waals surface area contributed by atoms with E-state index in [9.17, 15) is 0 Å². The molecule has 0 unspecified atom stereocenters.